The molecule has 2 N–H and O–H groups in total. The van der Waals surface area contributed by atoms with Gasteiger partial charge in [-0.15, -0.1) is 0 Å². The number of ether oxygens (including phenoxy) is 1. The van der Waals surface area contributed by atoms with Crippen LogP contribution >= 0.6 is 23.2 Å². The third kappa shape index (κ3) is 6.33. The van der Waals surface area contributed by atoms with Crippen LogP contribution < -0.4 is 15.5 Å². The molecule has 0 spiro atoms. The Morgan fingerprint density at radius 3 is 2.31 bits per heavy atom. The van der Waals surface area contributed by atoms with Crippen LogP contribution in [-0.2, 0) is 16.2 Å². The zero-order chi connectivity index (χ0) is 23.1. The van der Waals surface area contributed by atoms with E-state index in [1.54, 1.807) is 36.4 Å². The van der Waals surface area contributed by atoms with E-state index >= 15 is 0 Å². The van der Waals surface area contributed by atoms with E-state index in [0.717, 1.165) is 22.3 Å². The Labute approximate surface area is 196 Å². The fourth-order valence-electron chi connectivity index (χ4n) is 2.85. The Hall–Kier alpha value is -3.35. The molecule has 0 aliphatic heterocycles. The maximum absolute atomic E-state index is 12.1. The summed E-state index contributed by atoms with van der Waals surface area (Å²) in [5, 5.41) is 7.55. The van der Waals surface area contributed by atoms with Crippen molar-refractivity contribution in [3.8, 4) is 5.75 Å². The monoisotopic (exact) mass is 469 g/mol. The highest BCUT2D eigenvalue weighted by Gasteiger charge is 2.15. The highest BCUT2D eigenvalue weighted by Crippen LogP contribution is 2.23. The molecule has 32 heavy (non-hydrogen) atoms. The van der Waals surface area contributed by atoms with Gasteiger partial charge in [-0.2, -0.15) is 5.10 Å². The van der Waals surface area contributed by atoms with Gasteiger partial charge in [-0.25, -0.2) is 5.43 Å². The molecule has 3 rings (SSSR count). The third-order valence-corrected chi connectivity index (χ3v) is 5.18. The zero-order valence-electron chi connectivity index (χ0n) is 17.5. The normalized spacial score (nSPS) is 10.8. The van der Waals surface area contributed by atoms with Crippen molar-refractivity contribution in [1.29, 1.82) is 0 Å². The van der Waals surface area contributed by atoms with Crippen molar-refractivity contribution in [2.24, 2.45) is 5.10 Å². The summed E-state index contributed by atoms with van der Waals surface area (Å²) in [5.74, 6) is -1.00. The summed E-state index contributed by atoms with van der Waals surface area (Å²) in [5.41, 5.74) is 6.13. The molecule has 6 nitrogen and oxygen atoms in total. The molecule has 8 heteroatoms. The fraction of sp³-hybridized carbons (Fsp3) is 0.125. The van der Waals surface area contributed by atoms with Crippen molar-refractivity contribution in [3.63, 3.8) is 0 Å². The summed E-state index contributed by atoms with van der Waals surface area (Å²) in [6.45, 7) is 4.02. The number of carbonyl (C=O) groups is 2. The fourth-order valence-corrected chi connectivity index (χ4v) is 3.31. The molecular weight excluding hydrogens is 449 g/mol. The second-order valence-electron chi connectivity index (χ2n) is 7.01. The first kappa shape index (κ1) is 23.3. The largest absolute Gasteiger partial charge is 0.489 e. The molecule has 0 aliphatic carbocycles. The number of anilines is 1. The van der Waals surface area contributed by atoms with Gasteiger partial charge in [0, 0.05) is 21.3 Å². The SMILES string of the molecule is Cc1cccc(C)c1NC(=O)C(=O)N/N=C\c1ccc(OCc2ccc(Cl)cc2Cl)cc1. The maximum Gasteiger partial charge on any atom is 0.329 e. The molecular formula is C24H21Cl2N3O3. The molecule has 2 amide bonds. The van der Waals surface area contributed by atoms with Gasteiger partial charge in [0.2, 0.25) is 0 Å². The topological polar surface area (TPSA) is 79.8 Å². The molecule has 0 heterocycles. The van der Waals surface area contributed by atoms with E-state index in [1.807, 2.05) is 38.1 Å². The Balaban J connectivity index is 1.51. The van der Waals surface area contributed by atoms with Crippen LogP contribution in [0, 0.1) is 13.8 Å². The van der Waals surface area contributed by atoms with Crippen LogP contribution in [0.25, 0.3) is 0 Å². The number of carbonyl (C=O) groups excluding carboxylic acids is 2. The zero-order valence-corrected chi connectivity index (χ0v) is 19.0. The number of nitrogens with one attached hydrogen (secondary N) is 2. The smallest absolute Gasteiger partial charge is 0.329 e. The number of hydrogen-bond acceptors (Lipinski definition) is 4. The number of para-hydroxylation sites is 1. The molecule has 0 unspecified atom stereocenters. The third-order valence-electron chi connectivity index (χ3n) is 4.60. The summed E-state index contributed by atoms with van der Waals surface area (Å²) in [6, 6.07) is 17.9. The van der Waals surface area contributed by atoms with Gasteiger partial charge in [0.25, 0.3) is 0 Å². The standard InChI is InChI=1S/C24H21Cl2N3O3/c1-15-4-3-5-16(2)22(15)28-23(30)24(31)29-27-13-17-6-10-20(11-7-17)32-14-18-8-9-19(25)12-21(18)26/h3-13H,14H2,1-2H3,(H,28,30)(H,29,31)/b27-13-. The van der Waals surface area contributed by atoms with E-state index in [2.05, 4.69) is 15.8 Å². The second-order valence-corrected chi connectivity index (χ2v) is 7.86. The molecule has 0 aromatic heterocycles. The van der Waals surface area contributed by atoms with Crippen LogP contribution in [0.3, 0.4) is 0 Å². The van der Waals surface area contributed by atoms with E-state index in [0.29, 0.717) is 28.1 Å². The molecule has 0 fully saturated rings. The van der Waals surface area contributed by atoms with Crippen molar-refractivity contribution in [3.05, 3.63) is 93.0 Å². The number of benzene rings is 3. The number of rotatable bonds is 6. The summed E-state index contributed by atoms with van der Waals surface area (Å²) in [4.78, 5) is 24.1. The summed E-state index contributed by atoms with van der Waals surface area (Å²) >= 11 is 12.0. The summed E-state index contributed by atoms with van der Waals surface area (Å²) in [7, 11) is 0. The van der Waals surface area contributed by atoms with E-state index in [4.69, 9.17) is 27.9 Å². The number of amides is 2. The number of hydrogen-bond donors (Lipinski definition) is 2. The van der Waals surface area contributed by atoms with Crippen molar-refractivity contribution in [2.45, 2.75) is 20.5 Å². The first-order valence-corrected chi connectivity index (χ1v) is 10.5. The lowest BCUT2D eigenvalue weighted by molar-refractivity contribution is -0.136. The van der Waals surface area contributed by atoms with E-state index in [-0.39, 0.29) is 0 Å². The number of halogens is 2. The maximum atomic E-state index is 12.1. The molecule has 3 aromatic rings. The second kappa shape index (κ2) is 10.8. The van der Waals surface area contributed by atoms with E-state index in [9.17, 15) is 9.59 Å². The lowest BCUT2D eigenvalue weighted by atomic mass is 10.1. The van der Waals surface area contributed by atoms with Crippen molar-refractivity contribution in [2.75, 3.05) is 5.32 Å². The van der Waals surface area contributed by atoms with Crippen LogP contribution in [0.5, 0.6) is 5.75 Å². The van der Waals surface area contributed by atoms with Gasteiger partial charge in [-0.3, -0.25) is 9.59 Å². The highest BCUT2D eigenvalue weighted by molar-refractivity contribution is 6.39. The van der Waals surface area contributed by atoms with Gasteiger partial charge in [0.05, 0.1) is 6.21 Å². The van der Waals surface area contributed by atoms with Crippen LogP contribution in [0.1, 0.15) is 22.3 Å². The molecule has 0 saturated heterocycles. The minimum atomic E-state index is -0.858. The number of aryl methyl sites for hydroxylation is 2. The van der Waals surface area contributed by atoms with Gasteiger partial charge in [-0.1, -0.05) is 47.5 Å². The molecule has 0 bridgehead atoms. The molecule has 164 valence electrons. The average Bonchev–Trinajstić information content (AvgIpc) is 2.76. The van der Waals surface area contributed by atoms with Crippen molar-refractivity contribution in [1.82, 2.24) is 5.43 Å². The first-order valence-electron chi connectivity index (χ1n) is 9.71. The summed E-state index contributed by atoms with van der Waals surface area (Å²) < 4.78 is 5.72. The molecule has 0 saturated carbocycles. The molecule has 0 atom stereocenters. The predicted octanol–water partition coefficient (Wildman–Crippen LogP) is 5.28. The Morgan fingerprint density at radius 2 is 1.66 bits per heavy atom. The average molecular weight is 470 g/mol. The minimum absolute atomic E-state index is 0.301. The quantitative estimate of drug-likeness (QED) is 0.292. The number of nitrogens with zero attached hydrogens (tertiary/aromatic N) is 1. The Morgan fingerprint density at radius 1 is 0.969 bits per heavy atom. The predicted molar refractivity (Wildman–Crippen MR) is 128 cm³/mol. The van der Waals surface area contributed by atoms with Crippen LogP contribution in [-0.4, -0.2) is 18.0 Å². The first-order chi connectivity index (χ1) is 15.3. The van der Waals surface area contributed by atoms with E-state index in [1.165, 1.54) is 6.21 Å². The minimum Gasteiger partial charge on any atom is -0.489 e. The van der Waals surface area contributed by atoms with Crippen molar-refractivity contribution < 1.29 is 14.3 Å². The van der Waals surface area contributed by atoms with Gasteiger partial charge in [0.15, 0.2) is 0 Å². The Kier molecular flexibility index (Phi) is 7.87. The lowest BCUT2D eigenvalue weighted by Gasteiger charge is -2.10. The van der Waals surface area contributed by atoms with Crippen LogP contribution in [0.4, 0.5) is 5.69 Å². The van der Waals surface area contributed by atoms with Gasteiger partial charge in [0.1, 0.15) is 12.4 Å². The van der Waals surface area contributed by atoms with Crippen LogP contribution in [0.15, 0.2) is 65.8 Å². The summed E-state index contributed by atoms with van der Waals surface area (Å²) in [6.07, 6.45) is 1.43. The van der Waals surface area contributed by atoms with E-state index < -0.39 is 11.8 Å². The molecule has 0 radical (unpaired) electrons. The van der Waals surface area contributed by atoms with Gasteiger partial charge >= 0.3 is 11.8 Å². The van der Waals surface area contributed by atoms with Gasteiger partial charge < -0.3 is 10.1 Å². The van der Waals surface area contributed by atoms with Crippen molar-refractivity contribution >= 4 is 46.9 Å². The lowest BCUT2D eigenvalue weighted by Crippen LogP contribution is -2.32. The van der Waals surface area contributed by atoms with Gasteiger partial charge in [-0.05, 0) is 66.9 Å². The molecule has 0 aliphatic rings. The Bertz CT molecular complexity index is 1140. The van der Waals surface area contributed by atoms with Crippen LogP contribution in [0.2, 0.25) is 10.0 Å². The number of hydrazone groups is 1. The highest BCUT2D eigenvalue weighted by atomic mass is 35.5. The molecule has 3 aromatic carbocycles.